The number of anilines is 2. The standard InChI is InChI=1S/C29H37N7O/c1-9-35-26(37)22-15-31-27(33-25(22)36(35)21-10-11-30-23(14-21)28(3,4)5)32-20-12-18(2)24-19(13-20)16-34(8)17-29(24,6)7/h10-15H,9,16-17H2,1-8H3,(H,31,32,33). The summed E-state index contributed by atoms with van der Waals surface area (Å²) in [4.78, 5) is 29.5. The monoisotopic (exact) mass is 499 g/mol. The third-order valence-electron chi connectivity index (χ3n) is 7.19. The van der Waals surface area contributed by atoms with Crippen LogP contribution in [0.1, 0.15) is 63.9 Å². The summed E-state index contributed by atoms with van der Waals surface area (Å²) in [7, 11) is 2.17. The highest BCUT2D eigenvalue weighted by Crippen LogP contribution is 2.37. The van der Waals surface area contributed by atoms with Gasteiger partial charge in [-0.3, -0.25) is 9.78 Å². The highest BCUT2D eigenvalue weighted by molar-refractivity contribution is 5.77. The number of fused-ring (bicyclic) bond motifs is 2. The van der Waals surface area contributed by atoms with Crippen molar-refractivity contribution in [3.8, 4) is 5.69 Å². The lowest BCUT2D eigenvalue weighted by molar-refractivity contribution is 0.235. The molecule has 0 radical (unpaired) electrons. The number of hydrogen-bond donors (Lipinski definition) is 1. The number of aryl methyl sites for hydroxylation is 1. The summed E-state index contributed by atoms with van der Waals surface area (Å²) in [5, 5.41) is 3.90. The number of likely N-dealkylation sites (N-methyl/N-ethyl adjacent to an activating group) is 1. The summed E-state index contributed by atoms with van der Waals surface area (Å²) >= 11 is 0. The highest BCUT2D eigenvalue weighted by Gasteiger charge is 2.32. The van der Waals surface area contributed by atoms with E-state index in [2.05, 4.69) is 80.9 Å². The van der Waals surface area contributed by atoms with Crippen LogP contribution in [0, 0.1) is 6.92 Å². The molecule has 1 aliphatic rings. The van der Waals surface area contributed by atoms with Crippen molar-refractivity contribution in [3.63, 3.8) is 0 Å². The smallest absolute Gasteiger partial charge is 0.278 e. The van der Waals surface area contributed by atoms with Crippen LogP contribution in [0.2, 0.25) is 0 Å². The number of hydrogen-bond acceptors (Lipinski definition) is 6. The number of rotatable bonds is 4. The van der Waals surface area contributed by atoms with Gasteiger partial charge in [0, 0.05) is 54.2 Å². The molecule has 0 saturated heterocycles. The fraction of sp³-hybridized carbons (Fsp3) is 0.448. The average molecular weight is 500 g/mol. The Morgan fingerprint density at radius 3 is 2.59 bits per heavy atom. The first-order valence-corrected chi connectivity index (χ1v) is 12.9. The molecule has 0 aliphatic carbocycles. The minimum absolute atomic E-state index is 0.0932. The van der Waals surface area contributed by atoms with Crippen molar-refractivity contribution in [1.82, 2.24) is 29.2 Å². The maximum Gasteiger partial charge on any atom is 0.278 e. The maximum atomic E-state index is 13.2. The van der Waals surface area contributed by atoms with E-state index in [4.69, 9.17) is 4.98 Å². The lowest BCUT2D eigenvalue weighted by Crippen LogP contribution is -2.40. The molecule has 0 spiro atoms. The first-order valence-electron chi connectivity index (χ1n) is 12.9. The number of nitrogens with one attached hydrogen (secondary N) is 1. The summed E-state index contributed by atoms with van der Waals surface area (Å²) in [6.07, 6.45) is 3.42. The van der Waals surface area contributed by atoms with Crippen LogP contribution < -0.4 is 10.9 Å². The molecule has 0 fully saturated rings. The first kappa shape index (κ1) is 25.1. The van der Waals surface area contributed by atoms with Crippen LogP contribution in [0.3, 0.4) is 0 Å². The third kappa shape index (κ3) is 4.44. The largest absolute Gasteiger partial charge is 0.324 e. The number of pyridine rings is 1. The third-order valence-corrected chi connectivity index (χ3v) is 7.19. The number of aromatic nitrogens is 5. The van der Waals surface area contributed by atoms with Gasteiger partial charge < -0.3 is 10.2 Å². The van der Waals surface area contributed by atoms with E-state index in [1.54, 1.807) is 17.1 Å². The molecular weight excluding hydrogens is 462 g/mol. The van der Waals surface area contributed by atoms with Gasteiger partial charge in [0.15, 0.2) is 5.65 Å². The minimum Gasteiger partial charge on any atom is -0.324 e. The molecule has 8 nitrogen and oxygen atoms in total. The van der Waals surface area contributed by atoms with Gasteiger partial charge in [-0.2, -0.15) is 4.98 Å². The quantitative estimate of drug-likeness (QED) is 0.422. The van der Waals surface area contributed by atoms with Crippen molar-refractivity contribution in [2.75, 3.05) is 18.9 Å². The van der Waals surface area contributed by atoms with Gasteiger partial charge in [0.25, 0.3) is 5.56 Å². The van der Waals surface area contributed by atoms with E-state index in [0.29, 0.717) is 23.5 Å². The Morgan fingerprint density at radius 2 is 1.89 bits per heavy atom. The van der Waals surface area contributed by atoms with Gasteiger partial charge in [-0.05, 0) is 61.9 Å². The SMILES string of the molecule is CCn1c(=O)c2cnc(Nc3cc(C)c4c(c3)CN(C)CC4(C)C)nc2n1-c1ccnc(C(C)(C)C)c1. The Morgan fingerprint density at radius 1 is 1.14 bits per heavy atom. The summed E-state index contributed by atoms with van der Waals surface area (Å²) in [6, 6.07) is 8.32. The Hall–Kier alpha value is -3.52. The second kappa shape index (κ2) is 8.80. The zero-order valence-electron chi connectivity index (χ0n) is 23.2. The molecule has 194 valence electrons. The van der Waals surface area contributed by atoms with Gasteiger partial charge in [0.2, 0.25) is 5.95 Å². The van der Waals surface area contributed by atoms with Gasteiger partial charge in [-0.1, -0.05) is 34.6 Å². The molecule has 0 saturated carbocycles. The van der Waals surface area contributed by atoms with E-state index in [1.807, 2.05) is 23.7 Å². The second-order valence-electron chi connectivity index (χ2n) is 11.9. The molecule has 37 heavy (non-hydrogen) atoms. The lowest BCUT2D eigenvalue weighted by atomic mass is 9.76. The Kier molecular flexibility index (Phi) is 5.98. The van der Waals surface area contributed by atoms with Gasteiger partial charge in [0.05, 0.1) is 5.69 Å². The Labute approximate surface area is 218 Å². The molecule has 1 aromatic carbocycles. The van der Waals surface area contributed by atoms with Gasteiger partial charge in [-0.25, -0.2) is 14.3 Å². The van der Waals surface area contributed by atoms with Crippen LogP contribution in [-0.4, -0.2) is 42.8 Å². The molecule has 0 amide bonds. The van der Waals surface area contributed by atoms with Crippen molar-refractivity contribution in [1.29, 1.82) is 0 Å². The van der Waals surface area contributed by atoms with Crippen molar-refractivity contribution in [3.05, 3.63) is 69.4 Å². The minimum atomic E-state index is -0.120. The molecule has 0 unspecified atom stereocenters. The molecule has 1 N–H and O–H groups in total. The predicted octanol–water partition coefficient (Wildman–Crippen LogP) is 5.07. The average Bonchev–Trinajstić information content (AvgIpc) is 3.08. The van der Waals surface area contributed by atoms with E-state index in [0.717, 1.165) is 30.2 Å². The van der Waals surface area contributed by atoms with Crippen LogP contribution in [-0.2, 0) is 23.9 Å². The Balaban J connectivity index is 1.61. The fourth-order valence-electron chi connectivity index (χ4n) is 5.85. The van der Waals surface area contributed by atoms with Gasteiger partial charge >= 0.3 is 0 Å². The van der Waals surface area contributed by atoms with Crippen LogP contribution in [0.5, 0.6) is 0 Å². The molecule has 1 aliphatic heterocycles. The van der Waals surface area contributed by atoms with E-state index in [9.17, 15) is 4.79 Å². The molecule has 0 atom stereocenters. The van der Waals surface area contributed by atoms with Crippen LogP contribution in [0.4, 0.5) is 11.6 Å². The van der Waals surface area contributed by atoms with Crippen molar-refractivity contribution in [2.45, 2.75) is 72.4 Å². The Bertz CT molecular complexity index is 1560. The zero-order chi connectivity index (χ0) is 26.7. The molecule has 4 aromatic rings. The fourth-order valence-corrected chi connectivity index (χ4v) is 5.85. The molecule has 0 bridgehead atoms. The van der Waals surface area contributed by atoms with Gasteiger partial charge in [-0.15, -0.1) is 0 Å². The first-order chi connectivity index (χ1) is 17.4. The molecular formula is C29H37N7O. The normalized spacial score (nSPS) is 15.7. The summed E-state index contributed by atoms with van der Waals surface area (Å²) in [5.74, 6) is 0.461. The van der Waals surface area contributed by atoms with E-state index in [-0.39, 0.29) is 16.4 Å². The lowest BCUT2D eigenvalue weighted by Gasteiger charge is -2.39. The topological polar surface area (TPSA) is 80.9 Å². The summed E-state index contributed by atoms with van der Waals surface area (Å²) in [5.41, 5.74) is 7.21. The summed E-state index contributed by atoms with van der Waals surface area (Å²) < 4.78 is 3.59. The van der Waals surface area contributed by atoms with E-state index >= 15 is 0 Å². The highest BCUT2D eigenvalue weighted by atomic mass is 16.1. The maximum absolute atomic E-state index is 13.2. The van der Waals surface area contributed by atoms with Crippen molar-refractivity contribution in [2.24, 2.45) is 0 Å². The predicted molar refractivity (Wildman–Crippen MR) is 149 cm³/mol. The second-order valence-corrected chi connectivity index (χ2v) is 11.9. The number of benzene rings is 1. The molecule has 3 aromatic heterocycles. The van der Waals surface area contributed by atoms with Crippen molar-refractivity contribution < 1.29 is 0 Å². The van der Waals surface area contributed by atoms with Crippen LogP contribution >= 0.6 is 0 Å². The number of nitrogens with zero attached hydrogens (tertiary/aromatic N) is 6. The van der Waals surface area contributed by atoms with E-state index in [1.165, 1.54) is 16.7 Å². The zero-order valence-corrected chi connectivity index (χ0v) is 23.2. The van der Waals surface area contributed by atoms with E-state index < -0.39 is 0 Å². The molecule has 8 heteroatoms. The van der Waals surface area contributed by atoms with Crippen molar-refractivity contribution >= 4 is 22.7 Å². The molecule has 4 heterocycles. The van der Waals surface area contributed by atoms with Crippen LogP contribution in [0.15, 0.2) is 41.5 Å². The molecule has 5 rings (SSSR count). The summed E-state index contributed by atoms with van der Waals surface area (Å²) in [6.45, 7) is 17.6. The van der Waals surface area contributed by atoms with Crippen LogP contribution in [0.25, 0.3) is 16.7 Å². The van der Waals surface area contributed by atoms with Gasteiger partial charge in [0.1, 0.15) is 5.39 Å².